The minimum atomic E-state index is -3.46. The van der Waals surface area contributed by atoms with Gasteiger partial charge in [0.1, 0.15) is 4.21 Å². The average Bonchev–Trinajstić information content (AvgIpc) is 2.49. The van der Waals surface area contributed by atoms with Crippen molar-refractivity contribution in [3.8, 4) is 0 Å². The van der Waals surface area contributed by atoms with Gasteiger partial charge in [0.05, 0.1) is 6.61 Å². The predicted octanol–water partition coefficient (Wildman–Crippen LogP) is 1.29. The molecule has 0 unspecified atom stereocenters. The summed E-state index contributed by atoms with van der Waals surface area (Å²) >= 11 is 1.21. The normalized spacial score (nSPS) is 11.8. The Morgan fingerprint density at radius 1 is 1.54 bits per heavy atom. The highest BCUT2D eigenvalue weighted by atomic mass is 32.2. The molecule has 0 fully saturated rings. The molecule has 1 N–H and O–H groups in total. The van der Waals surface area contributed by atoms with Gasteiger partial charge in [-0.3, -0.25) is 4.84 Å². The molecule has 0 saturated heterocycles. The van der Waals surface area contributed by atoms with Crippen molar-refractivity contribution in [2.24, 2.45) is 0 Å². The quantitative estimate of drug-likeness (QED) is 0.779. The molecule has 0 radical (unpaired) electrons. The van der Waals surface area contributed by atoms with Crippen LogP contribution in [0.3, 0.4) is 0 Å². The molecule has 13 heavy (non-hydrogen) atoms. The maximum absolute atomic E-state index is 11.4. The maximum atomic E-state index is 11.4. The minimum absolute atomic E-state index is 0.276. The molecule has 0 amide bonds. The Balaban J connectivity index is 2.82. The molecule has 0 spiro atoms. The van der Waals surface area contributed by atoms with Crippen LogP contribution in [-0.4, -0.2) is 15.0 Å². The zero-order chi connectivity index (χ0) is 9.90. The largest absolute Gasteiger partial charge is 0.287 e. The smallest absolute Gasteiger partial charge is 0.271 e. The van der Waals surface area contributed by atoms with E-state index in [9.17, 15) is 8.42 Å². The lowest BCUT2D eigenvalue weighted by Crippen LogP contribution is -2.23. The van der Waals surface area contributed by atoms with Crippen LogP contribution in [0.1, 0.15) is 11.8 Å². The highest BCUT2D eigenvalue weighted by Crippen LogP contribution is 2.19. The molecule has 0 atom stereocenters. The third-order valence-corrected chi connectivity index (χ3v) is 4.00. The fourth-order valence-corrected chi connectivity index (χ4v) is 2.86. The summed E-state index contributed by atoms with van der Waals surface area (Å²) in [5.74, 6) is 0. The lowest BCUT2D eigenvalue weighted by Gasteiger charge is -2.01. The van der Waals surface area contributed by atoms with E-state index in [1.165, 1.54) is 11.3 Å². The summed E-state index contributed by atoms with van der Waals surface area (Å²) in [6.07, 6.45) is 0. The molecule has 0 saturated carbocycles. The summed E-state index contributed by atoms with van der Waals surface area (Å²) in [6.45, 7) is 3.87. The molecule has 0 aliphatic carbocycles. The first kappa shape index (κ1) is 10.6. The first-order valence-electron chi connectivity index (χ1n) is 3.76. The molecule has 0 aliphatic rings. The van der Waals surface area contributed by atoms with Gasteiger partial charge in [-0.15, -0.1) is 11.3 Å². The standard InChI is InChI=1S/C7H11NO3S2/c1-3-11-8-13(9,10)7-5-4-6(2)12-7/h4-5,8H,3H2,1-2H3. The average molecular weight is 221 g/mol. The van der Waals surface area contributed by atoms with E-state index in [-0.39, 0.29) is 4.21 Å². The van der Waals surface area contributed by atoms with Gasteiger partial charge in [-0.25, -0.2) is 8.42 Å². The van der Waals surface area contributed by atoms with Gasteiger partial charge in [0.25, 0.3) is 10.0 Å². The van der Waals surface area contributed by atoms with Crippen LogP contribution in [0, 0.1) is 6.92 Å². The monoisotopic (exact) mass is 221 g/mol. The molecule has 4 nitrogen and oxygen atoms in total. The Labute approximate surface area is 81.5 Å². The fraction of sp³-hybridized carbons (Fsp3) is 0.429. The lowest BCUT2D eigenvalue weighted by atomic mass is 10.5. The van der Waals surface area contributed by atoms with E-state index < -0.39 is 10.0 Å². The molecular formula is C7H11NO3S2. The van der Waals surface area contributed by atoms with E-state index in [1.807, 2.05) is 11.8 Å². The van der Waals surface area contributed by atoms with E-state index >= 15 is 0 Å². The summed E-state index contributed by atoms with van der Waals surface area (Å²) in [6, 6.07) is 3.31. The van der Waals surface area contributed by atoms with E-state index in [1.54, 1.807) is 19.1 Å². The molecule has 1 rings (SSSR count). The van der Waals surface area contributed by atoms with Crippen molar-refractivity contribution in [3.63, 3.8) is 0 Å². The number of rotatable bonds is 4. The van der Waals surface area contributed by atoms with Crippen molar-refractivity contribution >= 4 is 21.4 Å². The first-order chi connectivity index (χ1) is 6.06. The van der Waals surface area contributed by atoms with Crippen molar-refractivity contribution in [1.29, 1.82) is 0 Å². The van der Waals surface area contributed by atoms with Gasteiger partial charge >= 0.3 is 0 Å². The Morgan fingerprint density at radius 2 is 2.23 bits per heavy atom. The molecule has 0 aromatic carbocycles. The van der Waals surface area contributed by atoms with Crippen LogP contribution in [0.5, 0.6) is 0 Å². The summed E-state index contributed by atoms with van der Waals surface area (Å²) in [4.78, 5) is 7.61. The van der Waals surface area contributed by atoms with Gasteiger partial charge < -0.3 is 0 Å². The van der Waals surface area contributed by atoms with E-state index in [4.69, 9.17) is 0 Å². The third-order valence-electron chi connectivity index (χ3n) is 1.29. The number of nitrogens with one attached hydrogen (secondary N) is 1. The predicted molar refractivity (Wildman–Crippen MR) is 51.0 cm³/mol. The van der Waals surface area contributed by atoms with Crippen molar-refractivity contribution in [1.82, 2.24) is 4.89 Å². The van der Waals surface area contributed by atoms with Gasteiger partial charge in [0.15, 0.2) is 0 Å². The Bertz CT molecular complexity index is 369. The molecule has 1 heterocycles. The molecule has 1 aromatic rings. The van der Waals surface area contributed by atoms with Crippen LogP contribution in [-0.2, 0) is 14.9 Å². The number of hydrogen-bond acceptors (Lipinski definition) is 4. The van der Waals surface area contributed by atoms with Gasteiger partial charge in [-0.2, -0.15) is 0 Å². The molecule has 74 valence electrons. The highest BCUT2D eigenvalue weighted by molar-refractivity contribution is 7.91. The second-order valence-corrected chi connectivity index (χ2v) is 5.54. The second kappa shape index (κ2) is 4.19. The minimum Gasteiger partial charge on any atom is -0.287 e. The van der Waals surface area contributed by atoms with E-state index in [2.05, 4.69) is 4.84 Å². The van der Waals surface area contributed by atoms with Crippen LogP contribution in [0.4, 0.5) is 0 Å². The lowest BCUT2D eigenvalue weighted by molar-refractivity contribution is 0.105. The Morgan fingerprint density at radius 3 is 2.69 bits per heavy atom. The summed E-state index contributed by atoms with van der Waals surface area (Å²) in [5.41, 5.74) is 0. The molecule has 6 heteroatoms. The zero-order valence-corrected chi connectivity index (χ0v) is 9.04. The van der Waals surface area contributed by atoms with E-state index in [0.717, 1.165) is 4.88 Å². The van der Waals surface area contributed by atoms with E-state index in [0.29, 0.717) is 6.61 Å². The number of thiophene rings is 1. The van der Waals surface area contributed by atoms with Gasteiger partial charge in [-0.1, -0.05) is 4.89 Å². The maximum Gasteiger partial charge on any atom is 0.271 e. The first-order valence-corrected chi connectivity index (χ1v) is 6.06. The topological polar surface area (TPSA) is 55.4 Å². The number of hydrogen-bond donors (Lipinski definition) is 1. The third kappa shape index (κ3) is 2.77. The van der Waals surface area contributed by atoms with Crippen molar-refractivity contribution < 1.29 is 13.3 Å². The fourth-order valence-electron chi connectivity index (χ4n) is 0.734. The Hall–Kier alpha value is -0.430. The molecular weight excluding hydrogens is 210 g/mol. The van der Waals surface area contributed by atoms with Crippen LogP contribution >= 0.6 is 11.3 Å². The zero-order valence-electron chi connectivity index (χ0n) is 7.40. The van der Waals surface area contributed by atoms with Crippen LogP contribution in [0.25, 0.3) is 0 Å². The summed E-state index contributed by atoms with van der Waals surface area (Å²) in [5, 5.41) is 0. The van der Waals surface area contributed by atoms with Crippen molar-refractivity contribution in [2.45, 2.75) is 18.1 Å². The Kier molecular flexibility index (Phi) is 3.43. The van der Waals surface area contributed by atoms with Gasteiger partial charge in [0.2, 0.25) is 0 Å². The molecule has 0 aliphatic heterocycles. The van der Waals surface area contributed by atoms with Crippen LogP contribution < -0.4 is 4.89 Å². The van der Waals surface area contributed by atoms with Gasteiger partial charge in [0, 0.05) is 4.88 Å². The number of aryl methyl sites for hydroxylation is 1. The summed E-state index contributed by atoms with van der Waals surface area (Å²) in [7, 11) is -3.46. The van der Waals surface area contributed by atoms with Crippen molar-refractivity contribution in [2.75, 3.05) is 6.61 Å². The number of sulfonamides is 1. The SMILES string of the molecule is CCONS(=O)(=O)c1ccc(C)s1. The molecule has 1 aromatic heterocycles. The molecule has 0 bridgehead atoms. The highest BCUT2D eigenvalue weighted by Gasteiger charge is 2.15. The van der Waals surface area contributed by atoms with Crippen molar-refractivity contribution in [3.05, 3.63) is 17.0 Å². The second-order valence-electron chi connectivity index (χ2n) is 2.38. The summed E-state index contributed by atoms with van der Waals surface area (Å²) < 4.78 is 23.0. The van der Waals surface area contributed by atoms with Gasteiger partial charge in [-0.05, 0) is 26.0 Å². The van der Waals surface area contributed by atoms with Crippen LogP contribution in [0.2, 0.25) is 0 Å². The van der Waals surface area contributed by atoms with Crippen LogP contribution in [0.15, 0.2) is 16.3 Å².